The van der Waals surface area contributed by atoms with Crippen LogP contribution in [-0.2, 0) is 0 Å². The van der Waals surface area contributed by atoms with Crippen LogP contribution >= 0.6 is 0 Å². The number of hydrogen-bond acceptors (Lipinski definition) is 2. The zero-order valence-electron chi connectivity index (χ0n) is 9.73. The number of rotatable bonds is 0. The molecule has 0 spiro atoms. The van der Waals surface area contributed by atoms with Gasteiger partial charge in [-0.3, -0.25) is 4.79 Å². The molecule has 0 aliphatic carbocycles. The Morgan fingerprint density at radius 1 is 1.45 bits per heavy atom. The predicted octanol–water partition coefficient (Wildman–Crippen LogP) is 1.65. The number of Topliss-reactive ketones (excluding diaryl/α,β-unsaturated/α-hetero) is 1. The van der Waals surface area contributed by atoms with Crippen molar-refractivity contribution in [2.45, 2.75) is 6.42 Å². The summed E-state index contributed by atoms with van der Waals surface area (Å²) in [5.74, 6) is -0.305. The van der Waals surface area contributed by atoms with Gasteiger partial charge in [0.05, 0.1) is 17.7 Å². The first-order chi connectivity index (χ1) is 7.04. The summed E-state index contributed by atoms with van der Waals surface area (Å²) < 4.78 is 35.0. The maximum atomic E-state index is 11.5. The van der Waals surface area contributed by atoms with Crippen molar-refractivity contribution in [2.24, 2.45) is 0 Å². The van der Waals surface area contributed by atoms with Crippen molar-refractivity contribution in [1.82, 2.24) is 0 Å². The average Bonchev–Trinajstić information content (AvgIpc) is 2.23. The molecule has 2 rings (SSSR count). The average molecular weight is 152 g/mol. The molecule has 0 amide bonds. The van der Waals surface area contributed by atoms with E-state index in [9.17, 15) is 4.79 Å². The minimum atomic E-state index is -0.391. The third-order valence-corrected chi connectivity index (χ3v) is 1.51. The summed E-state index contributed by atoms with van der Waals surface area (Å²) in [7, 11) is 0. The Kier molecular flexibility index (Phi) is 0.734. The van der Waals surface area contributed by atoms with Crippen LogP contribution < -0.4 is 4.74 Å². The molecule has 2 nitrogen and oxygen atoms in total. The number of hydrogen-bond donors (Lipinski definition) is 0. The van der Waals surface area contributed by atoms with Gasteiger partial charge in [-0.15, -0.1) is 0 Å². The number of carbonyl (C=O) groups excluding carboxylic acids is 1. The Hall–Kier alpha value is -1.31. The summed E-state index contributed by atoms with van der Waals surface area (Å²) in [6.45, 7) is 0.175. The standard InChI is InChI=1S/C9H8O2/c10-8-5-6-11-9-4-2-1-3-7(8)9/h1-4H,5-6H2/i1D,2D,3D,4D. The maximum absolute atomic E-state index is 11.5. The van der Waals surface area contributed by atoms with Crippen LogP contribution in [0.4, 0.5) is 0 Å². The Bertz CT molecular complexity index is 456. The van der Waals surface area contributed by atoms with E-state index in [2.05, 4.69) is 0 Å². The monoisotopic (exact) mass is 152 g/mol. The summed E-state index contributed by atoms with van der Waals surface area (Å²) >= 11 is 0. The minimum absolute atomic E-state index is 0.0164. The zero-order chi connectivity index (χ0) is 11.2. The van der Waals surface area contributed by atoms with Gasteiger partial charge in [-0.05, 0) is 12.1 Å². The van der Waals surface area contributed by atoms with E-state index in [0.29, 0.717) is 0 Å². The van der Waals surface area contributed by atoms with Gasteiger partial charge in [0, 0.05) is 6.42 Å². The highest BCUT2D eigenvalue weighted by molar-refractivity contribution is 5.99. The lowest BCUT2D eigenvalue weighted by molar-refractivity contribution is 0.0933. The zero-order valence-corrected chi connectivity index (χ0v) is 5.73. The summed E-state index contributed by atoms with van der Waals surface area (Å²) in [5.41, 5.74) is -0.0211. The van der Waals surface area contributed by atoms with Crippen LogP contribution in [0.5, 0.6) is 5.75 Å². The van der Waals surface area contributed by atoms with E-state index in [1.807, 2.05) is 0 Å². The highest BCUT2D eigenvalue weighted by Crippen LogP contribution is 2.23. The highest BCUT2D eigenvalue weighted by atomic mass is 16.5. The molecule has 2 heteroatoms. The van der Waals surface area contributed by atoms with E-state index in [-0.39, 0.29) is 48.3 Å². The van der Waals surface area contributed by atoms with Gasteiger partial charge >= 0.3 is 0 Å². The second kappa shape index (κ2) is 2.38. The van der Waals surface area contributed by atoms with Crippen LogP contribution in [0.15, 0.2) is 24.2 Å². The molecule has 0 radical (unpaired) electrons. The second-order valence-electron chi connectivity index (χ2n) is 2.23. The molecule has 0 N–H and O–H groups in total. The van der Waals surface area contributed by atoms with Gasteiger partial charge in [0.15, 0.2) is 5.78 Å². The normalized spacial score (nSPS) is 20.5. The molecule has 0 bridgehead atoms. The first-order valence-corrected chi connectivity index (χ1v) is 3.30. The van der Waals surface area contributed by atoms with Crippen molar-refractivity contribution in [1.29, 1.82) is 0 Å². The van der Waals surface area contributed by atoms with Gasteiger partial charge in [0.2, 0.25) is 0 Å². The van der Waals surface area contributed by atoms with E-state index in [4.69, 9.17) is 10.2 Å². The number of fused-ring (bicyclic) bond motifs is 1. The molecule has 1 aliphatic heterocycles. The van der Waals surface area contributed by atoms with Crippen LogP contribution in [0, 0.1) is 0 Å². The highest BCUT2D eigenvalue weighted by Gasteiger charge is 2.16. The van der Waals surface area contributed by atoms with Gasteiger partial charge in [-0.1, -0.05) is 12.1 Å². The SMILES string of the molecule is [2H]c1c([2H])c([2H])c2c(c1[2H])OCCC2=O. The Balaban J connectivity index is 2.80. The Morgan fingerprint density at radius 3 is 3.18 bits per heavy atom. The molecule has 0 fully saturated rings. The van der Waals surface area contributed by atoms with Crippen LogP contribution in [0.2, 0.25) is 0 Å². The van der Waals surface area contributed by atoms with Crippen molar-refractivity contribution >= 4 is 5.78 Å². The van der Waals surface area contributed by atoms with Crippen molar-refractivity contribution in [3.05, 3.63) is 29.7 Å². The lowest BCUT2D eigenvalue weighted by Gasteiger charge is -2.14. The van der Waals surface area contributed by atoms with Crippen molar-refractivity contribution in [2.75, 3.05) is 6.61 Å². The second-order valence-corrected chi connectivity index (χ2v) is 2.23. The number of para-hydroxylation sites is 1. The number of carbonyl (C=O) groups is 1. The molecular formula is C9H8O2. The Labute approximate surface area is 70.4 Å². The van der Waals surface area contributed by atoms with Crippen molar-refractivity contribution in [3.8, 4) is 5.75 Å². The molecule has 1 heterocycles. The summed E-state index contributed by atoms with van der Waals surface area (Å²) in [4.78, 5) is 11.5. The van der Waals surface area contributed by atoms with Gasteiger partial charge in [-0.25, -0.2) is 0 Å². The molecular weight excluding hydrogens is 140 g/mol. The number of ketones is 1. The topological polar surface area (TPSA) is 26.3 Å². The van der Waals surface area contributed by atoms with Crippen LogP contribution in [0.3, 0.4) is 0 Å². The van der Waals surface area contributed by atoms with Gasteiger partial charge < -0.3 is 4.74 Å². The largest absolute Gasteiger partial charge is 0.492 e. The van der Waals surface area contributed by atoms with Crippen molar-refractivity contribution < 1.29 is 15.0 Å². The van der Waals surface area contributed by atoms with Gasteiger partial charge in [0.25, 0.3) is 0 Å². The molecule has 1 aromatic carbocycles. The molecule has 1 aliphatic rings. The van der Waals surface area contributed by atoms with E-state index in [1.165, 1.54) is 0 Å². The lowest BCUT2D eigenvalue weighted by atomic mass is 10.1. The summed E-state index contributed by atoms with van der Waals surface area (Å²) in [6, 6.07) is -1.35. The van der Waals surface area contributed by atoms with E-state index in [0.717, 1.165) is 0 Å². The first kappa shape index (κ1) is 3.39. The lowest BCUT2D eigenvalue weighted by Crippen LogP contribution is -2.14. The van der Waals surface area contributed by atoms with E-state index in [1.54, 1.807) is 0 Å². The first-order valence-electron chi connectivity index (χ1n) is 5.30. The van der Waals surface area contributed by atoms with Crippen LogP contribution in [0.1, 0.15) is 22.3 Å². The molecule has 0 saturated heterocycles. The number of ether oxygens (including phenoxy) is 1. The predicted molar refractivity (Wildman–Crippen MR) is 40.9 cm³/mol. The van der Waals surface area contributed by atoms with Gasteiger partial charge in [-0.2, -0.15) is 0 Å². The molecule has 0 aromatic heterocycles. The molecule has 0 saturated carbocycles. The fourth-order valence-electron chi connectivity index (χ4n) is 0.976. The molecule has 56 valence electrons. The maximum Gasteiger partial charge on any atom is 0.169 e. The fraction of sp³-hybridized carbons (Fsp3) is 0.222. The molecule has 0 atom stereocenters. The summed E-state index contributed by atoms with van der Waals surface area (Å²) in [6.07, 6.45) is 0.162. The smallest absolute Gasteiger partial charge is 0.169 e. The molecule has 0 unspecified atom stereocenters. The van der Waals surface area contributed by atoms with Crippen LogP contribution in [-0.4, -0.2) is 12.4 Å². The fourth-order valence-corrected chi connectivity index (χ4v) is 0.976. The van der Waals surface area contributed by atoms with Crippen molar-refractivity contribution in [3.63, 3.8) is 0 Å². The molecule has 11 heavy (non-hydrogen) atoms. The van der Waals surface area contributed by atoms with E-state index >= 15 is 0 Å². The number of benzene rings is 1. The third-order valence-electron chi connectivity index (χ3n) is 1.51. The molecule has 1 aromatic rings. The quantitative estimate of drug-likeness (QED) is 0.565. The van der Waals surface area contributed by atoms with Crippen LogP contribution in [0.25, 0.3) is 0 Å². The minimum Gasteiger partial charge on any atom is -0.492 e. The third kappa shape index (κ3) is 1.00. The van der Waals surface area contributed by atoms with Gasteiger partial charge in [0.1, 0.15) is 5.75 Å². The summed E-state index contributed by atoms with van der Waals surface area (Å²) in [5, 5.41) is 0. The van der Waals surface area contributed by atoms with E-state index < -0.39 is 6.04 Å². The Morgan fingerprint density at radius 2 is 2.27 bits per heavy atom.